The second kappa shape index (κ2) is 7.67. The van der Waals surface area contributed by atoms with E-state index in [-0.39, 0.29) is 0 Å². The van der Waals surface area contributed by atoms with Crippen molar-refractivity contribution in [3.63, 3.8) is 0 Å². The minimum Gasteiger partial charge on any atom is -0.355 e. The van der Waals surface area contributed by atoms with E-state index in [9.17, 15) is 0 Å². The molecule has 2 aliphatic heterocycles. The lowest BCUT2D eigenvalue weighted by atomic mass is 9.96. The largest absolute Gasteiger partial charge is 0.355 e. The third-order valence-electron chi connectivity index (χ3n) is 5.70. The Kier molecular flexibility index (Phi) is 5.12. The van der Waals surface area contributed by atoms with Gasteiger partial charge in [0.1, 0.15) is 11.6 Å². The van der Waals surface area contributed by atoms with Gasteiger partial charge in [0.25, 0.3) is 0 Å². The van der Waals surface area contributed by atoms with Gasteiger partial charge in [-0.3, -0.25) is 4.90 Å². The summed E-state index contributed by atoms with van der Waals surface area (Å²) in [7, 11) is 4.31. The molecular weight excluding hydrogens is 328 g/mol. The van der Waals surface area contributed by atoms with E-state index in [2.05, 4.69) is 53.8 Å². The van der Waals surface area contributed by atoms with Crippen LogP contribution in [0.4, 0.5) is 5.82 Å². The van der Waals surface area contributed by atoms with E-state index in [0.29, 0.717) is 5.92 Å². The highest BCUT2D eigenvalue weighted by atomic mass is 15.3. The zero-order valence-electron chi connectivity index (χ0n) is 15.8. The lowest BCUT2D eigenvalue weighted by Gasteiger charge is -2.32. The van der Waals surface area contributed by atoms with Crippen molar-refractivity contribution in [2.24, 2.45) is 7.05 Å². The maximum Gasteiger partial charge on any atom is 0.151 e. The molecule has 0 bridgehead atoms. The molecule has 0 saturated carbocycles. The molecule has 0 atom stereocenters. The van der Waals surface area contributed by atoms with E-state index in [1.165, 1.54) is 0 Å². The second-order valence-electron chi connectivity index (χ2n) is 7.46. The van der Waals surface area contributed by atoms with Gasteiger partial charge in [0.2, 0.25) is 0 Å². The van der Waals surface area contributed by atoms with Crippen molar-refractivity contribution in [2.75, 3.05) is 51.2 Å². The first kappa shape index (κ1) is 17.4. The van der Waals surface area contributed by atoms with Gasteiger partial charge in [-0.1, -0.05) is 0 Å². The molecule has 8 nitrogen and oxygen atoms in total. The van der Waals surface area contributed by atoms with Crippen molar-refractivity contribution in [1.29, 1.82) is 0 Å². The predicted molar refractivity (Wildman–Crippen MR) is 100.0 cm³/mol. The molecule has 0 aromatic carbocycles. The van der Waals surface area contributed by atoms with Crippen molar-refractivity contribution >= 4 is 5.82 Å². The number of hydrogen-bond donors (Lipinski definition) is 0. The van der Waals surface area contributed by atoms with Crippen molar-refractivity contribution < 1.29 is 0 Å². The van der Waals surface area contributed by atoms with Gasteiger partial charge < -0.3 is 14.4 Å². The summed E-state index contributed by atoms with van der Waals surface area (Å²) in [5, 5.41) is 17.3. The first-order chi connectivity index (χ1) is 12.7. The Bertz CT molecular complexity index is 699. The maximum absolute atomic E-state index is 4.55. The second-order valence-corrected chi connectivity index (χ2v) is 7.46. The summed E-state index contributed by atoms with van der Waals surface area (Å²) in [6.07, 6.45) is 3.88. The first-order valence-electron chi connectivity index (χ1n) is 9.52. The summed E-state index contributed by atoms with van der Waals surface area (Å²) in [6, 6.07) is 3.98. The van der Waals surface area contributed by atoms with Crippen LogP contribution in [0.1, 0.15) is 30.4 Å². The zero-order chi connectivity index (χ0) is 17.9. The molecule has 0 aliphatic carbocycles. The van der Waals surface area contributed by atoms with E-state index < -0.39 is 0 Å². The first-order valence-corrected chi connectivity index (χ1v) is 9.52. The molecule has 0 spiro atoms. The highest BCUT2D eigenvalue weighted by Crippen LogP contribution is 2.28. The van der Waals surface area contributed by atoms with Crippen LogP contribution < -0.4 is 4.90 Å². The SMILES string of the molecule is CN1CCN(Cc2nnc(C3CCN(c4cccnn4)CC3)n2C)CC1. The summed E-state index contributed by atoms with van der Waals surface area (Å²) in [5.41, 5.74) is 0. The molecule has 8 heteroatoms. The highest BCUT2D eigenvalue weighted by molar-refractivity contribution is 5.37. The minimum absolute atomic E-state index is 0.474. The molecule has 4 heterocycles. The molecule has 140 valence electrons. The Morgan fingerprint density at radius 3 is 2.42 bits per heavy atom. The summed E-state index contributed by atoms with van der Waals surface area (Å²) >= 11 is 0. The molecule has 2 fully saturated rings. The van der Waals surface area contributed by atoms with Gasteiger partial charge in [-0.15, -0.1) is 15.3 Å². The molecule has 0 radical (unpaired) electrons. The molecule has 0 amide bonds. The van der Waals surface area contributed by atoms with Crippen LogP contribution in [0.15, 0.2) is 18.3 Å². The van der Waals surface area contributed by atoms with Crippen LogP contribution in [-0.4, -0.2) is 81.1 Å². The summed E-state index contributed by atoms with van der Waals surface area (Å²) in [5.74, 6) is 3.66. The Morgan fingerprint density at radius 2 is 1.73 bits per heavy atom. The zero-order valence-corrected chi connectivity index (χ0v) is 15.8. The number of piperidine rings is 1. The van der Waals surface area contributed by atoms with Gasteiger partial charge >= 0.3 is 0 Å². The summed E-state index contributed by atoms with van der Waals surface area (Å²) in [4.78, 5) is 7.17. The molecule has 0 unspecified atom stereocenters. The fourth-order valence-corrected chi connectivity index (χ4v) is 3.90. The average Bonchev–Trinajstić information content (AvgIpc) is 3.05. The third kappa shape index (κ3) is 3.71. The molecule has 26 heavy (non-hydrogen) atoms. The van der Waals surface area contributed by atoms with E-state index in [1.807, 2.05) is 12.1 Å². The van der Waals surface area contributed by atoms with Gasteiger partial charge in [-0.25, -0.2) is 0 Å². The van der Waals surface area contributed by atoms with E-state index >= 15 is 0 Å². The standard InChI is InChI=1S/C18H28N8/c1-23-10-12-25(13-11-23)14-17-21-22-18(24(17)2)15-5-8-26(9-6-15)16-4-3-7-19-20-16/h3-4,7,15H,5-6,8-14H2,1-2H3. The molecule has 2 aromatic heterocycles. The van der Waals surface area contributed by atoms with Gasteiger partial charge in [-0.05, 0) is 32.0 Å². The van der Waals surface area contributed by atoms with Crippen LogP contribution in [0.5, 0.6) is 0 Å². The molecule has 4 rings (SSSR count). The molecular formula is C18H28N8. The van der Waals surface area contributed by atoms with Crippen LogP contribution in [0.2, 0.25) is 0 Å². The fraction of sp³-hybridized carbons (Fsp3) is 0.667. The van der Waals surface area contributed by atoms with E-state index in [1.54, 1.807) is 6.20 Å². The van der Waals surface area contributed by atoms with Gasteiger partial charge in [0.05, 0.1) is 6.54 Å². The Balaban J connectivity index is 1.36. The Hall–Kier alpha value is -2.06. The Morgan fingerprint density at radius 1 is 0.962 bits per heavy atom. The smallest absolute Gasteiger partial charge is 0.151 e. The van der Waals surface area contributed by atoms with Crippen LogP contribution >= 0.6 is 0 Å². The predicted octanol–water partition coefficient (Wildman–Crippen LogP) is 0.736. The quantitative estimate of drug-likeness (QED) is 0.800. The van der Waals surface area contributed by atoms with E-state index in [4.69, 9.17) is 0 Å². The number of piperazine rings is 1. The van der Waals surface area contributed by atoms with Crippen LogP contribution in [-0.2, 0) is 13.6 Å². The number of rotatable bonds is 4. The number of aromatic nitrogens is 5. The van der Waals surface area contributed by atoms with Crippen molar-refractivity contribution in [3.05, 3.63) is 30.0 Å². The maximum atomic E-state index is 4.55. The lowest BCUT2D eigenvalue weighted by Crippen LogP contribution is -2.44. The van der Waals surface area contributed by atoms with E-state index in [0.717, 1.165) is 76.1 Å². The van der Waals surface area contributed by atoms with Gasteiger partial charge in [-0.2, -0.15) is 5.10 Å². The third-order valence-corrected chi connectivity index (χ3v) is 5.70. The van der Waals surface area contributed by atoms with Crippen LogP contribution in [0, 0.1) is 0 Å². The minimum atomic E-state index is 0.474. The normalized spacial score (nSPS) is 20.6. The number of anilines is 1. The average molecular weight is 356 g/mol. The van der Waals surface area contributed by atoms with Gasteiger partial charge in [0, 0.05) is 58.4 Å². The number of hydrogen-bond acceptors (Lipinski definition) is 7. The topological polar surface area (TPSA) is 66.2 Å². The summed E-state index contributed by atoms with van der Waals surface area (Å²) < 4.78 is 2.22. The number of likely N-dealkylation sites (N-methyl/N-ethyl adjacent to an activating group) is 1. The van der Waals surface area contributed by atoms with Crippen LogP contribution in [0.25, 0.3) is 0 Å². The highest BCUT2D eigenvalue weighted by Gasteiger charge is 2.26. The van der Waals surface area contributed by atoms with Crippen molar-refractivity contribution in [1.82, 2.24) is 34.8 Å². The molecule has 0 N–H and O–H groups in total. The monoisotopic (exact) mass is 356 g/mol. The molecule has 2 aromatic rings. The van der Waals surface area contributed by atoms with Gasteiger partial charge in [0.15, 0.2) is 5.82 Å². The molecule has 2 saturated heterocycles. The Labute approximate surface area is 154 Å². The van der Waals surface area contributed by atoms with Crippen LogP contribution in [0.3, 0.4) is 0 Å². The lowest BCUT2D eigenvalue weighted by molar-refractivity contribution is 0.144. The fourth-order valence-electron chi connectivity index (χ4n) is 3.90. The van der Waals surface area contributed by atoms with Crippen molar-refractivity contribution in [3.8, 4) is 0 Å². The van der Waals surface area contributed by atoms with Crippen molar-refractivity contribution in [2.45, 2.75) is 25.3 Å². The molecule has 2 aliphatic rings. The summed E-state index contributed by atoms with van der Waals surface area (Å²) in [6.45, 7) is 7.35. The number of nitrogens with zero attached hydrogens (tertiary/aromatic N) is 8.